The van der Waals surface area contributed by atoms with Gasteiger partial charge in [0.15, 0.2) is 0 Å². The highest BCUT2D eigenvalue weighted by Crippen LogP contribution is 2.23. The first-order chi connectivity index (χ1) is 16.4. The molecular weight excluding hydrogens is 444 g/mol. The molecule has 34 heavy (non-hydrogen) atoms. The quantitative estimate of drug-likeness (QED) is 0.389. The Bertz CT molecular complexity index is 1350. The minimum atomic E-state index is -3.63. The highest BCUT2D eigenvalue weighted by molar-refractivity contribution is 7.89. The highest BCUT2D eigenvalue weighted by atomic mass is 32.2. The van der Waals surface area contributed by atoms with Gasteiger partial charge >= 0.3 is 0 Å². The molecule has 0 atom stereocenters. The van der Waals surface area contributed by atoms with Crippen molar-refractivity contribution in [3.05, 3.63) is 126 Å². The number of rotatable bonds is 8. The van der Waals surface area contributed by atoms with Crippen molar-refractivity contribution in [2.75, 3.05) is 7.05 Å². The van der Waals surface area contributed by atoms with E-state index in [4.69, 9.17) is 0 Å². The molecule has 0 fully saturated rings. The second-order valence-corrected chi connectivity index (χ2v) is 9.83. The van der Waals surface area contributed by atoms with E-state index < -0.39 is 10.0 Å². The van der Waals surface area contributed by atoms with Crippen molar-refractivity contribution in [2.24, 2.45) is 0 Å². The average molecular weight is 471 g/mol. The molecule has 0 radical (unpaired) electrons. The zero-order valence-corrected chi connectivity index (χ0v) is 19.7. The molecule has 0 saturated heterocycles. The lowest BCUT2D eigenvalue weighted by Crippen LogP contribution is -2.26. The summed E-state index contributed by atoms with van der Waals surface area (Å²) in [5.41, 5.74) is 4.22. The Morgan fingerprint density at radius 1 is 0.735 bits per heavy atom. The number of amides is 1. The molecule has 0 spiro atoms. The Morgan fingerprint density at radius 3 is 2.00 bits per heavy atom. The second-order valence-electron chi connectivity index (χ2n) is 8.06. The van der Waals surface area contributed by atoms with E-state index in [1.807, 2.05) is 78.9 Å². The van der Waals surface area contributed by atoms with Crippen molar-refractivity contribution in [2.45, 2.75) is 18.0 Å². The number of hydrogen-bond acceptors (Lipinski definition) is 3. The van der Waals surface area contributed by atoms with Gasteiger partial charge < -0.3 is 4.90 Å². The number of nitrogens with one attached hydrogen (secondary N) is 1. The van der Waals surface area contributed by atoms with Gasteiger partial charge in [0.1, 0.15) is 0 Å². The van der Waals surface area contributed by atoms with Crippen LogP contribution in [0.5, 0.6) is 0 Å². The van der Waals surface area contributed by atoms with Gasteiger partial charge in [0.05, 0.1) is 4.90 Å². The molecule has 4 rings (SSSR count). The van der Waals surface area contributed by atoms with Crippen LogP contribution in [0.1, 0.15) is 21.5 Å². The maximum atomic E-state index is 12.9. The molecule has 4 aromatic rings. The largest absolute Gasteiger partial charge is 0.337 e. The average Bonchev–Trinajstić information content (AvgIpc) is 2.88. The lowest BCUT2D eigenvalue weighted by molar-refractivity contribution is 0.0785. The molecule has 0 bridgehead atoms. The molecular formula is C28H26N2O3S. The van der Waals surface area contributed by atoms with Gasteiger partial charge in [0.2, 0.25) is 10.0 Å². The van der Waals surface area contributed by atoms with Crippen LogP contribution in [0.4, 0.5) is 0 Å². The van der Waals surface area contributed by atoms with E-state index >= 15 is 0 Å². The van der Waals surface area contributed by atoms with E-state index in [0.717, 1.165) is 22.3 Å². The summed E-state index contributed by atoms with van der Waals surface area (Å²) in [7, 11) is -1.85. The third-order valence-electron chi connectivity index (χ3n) is 5.53. The number of carbonyl (C=O) groups is 1. The number of sulfonamides is 1. The SMILES string of the molecule is CN(Cc1ccccc1)C(=O)c1cccc(-c2ccc(S(=O)(=O)NCc3ccccc3)cc2)c1. The Kier molecular flexibility index (Phi) is 7.21. The van der Waals surface area contributed by atoms with E-state index in [2.05, 4.69) is 4.72 Å². The Balaban J connectivity index is 1.46. The van der Waals surface area contributed by atoms with Crippen LogP contribution < -0.4 is 4.72 Å². The maximum absolute atomic E-state index is 12.9. The fourth-order valence-electron chi connectivity index (χ4n) is 3.67. The van der Waals surface area contributed by atoms with E-state index in [1.165, 1.54) is 0 Å². The van der Waals surface area contributed by atoms with Gasteiger partial charge in [-0.05, 0) is 46.5 Å². The zero-order chi connectivity index (χ0) is 24.0. The minimum Gasteiger partial charge on any atom is -0.337 e. The maximum Gasteiger partial charge on any atom is 0.253 e. The monoisotopic (exact) mass is 470 g/mol. The number of carbonyl (C=O) groups excluding carboxylic acids is 1. The molecule has 4 aromatic carbocycles. The Morgan fingerprint density at radius 2 is 1.35 bits per heavy atom. The fourth-order valence-corrected chi connectivity index (χ4v) is 4.68. The van der Waals surface area contributed by atoms with Crippen molar-refractivity contribution in [3.63, 3.8) is 0 Å². The van der Waals surface area contributed by atoms with Gasteiger partial charge in [0.25, 0.3) is 5.91 Å². The topological polar surface area (TPSA) is 66.5 Å². The first kappa shape index (κ1) is 23.4. The molecule has 172 valence electrons. The van der Waals surface area contributed by atoms with Crippen molar-refractivity contribution in [1.82, 2.24) is 9.62 Å². The number of hydrogen-bond donors (Lipinski definition) is 1. The van der Waals surface area contributed by atoms with E-state index in [9.17, 15) is 13.2 Å². The lowest BCUT2D eigenvalue weighted by Gasteiger charge is -2.18. The molecule has 0 aliphatic rings. The Labute approximate surface area is 200 Å². The van der Waals surface area contributed by atoms with Gasteiger partial charge in [-0.2, -0.15) is 0 Å². The first-order valence-electron chi connectivity index (χ1n) is 11.0. The van der Waals surface area contributed by atoms with E-state index in [1.54, 1.807) is 42.3 Å². The zero-order valence-electron chi connectivity index (χ0n) is 18.9. The second kappa shape index (κ2) is 10.5. The predicted molar refractivity (Wildman–Crippen MR) is 135 cm³/mol. The molecule has 1 N–H and O–H groups in total. The molecule has 0 aliphatic carbocycles. The van der Waals surface area contributed by atoms with E-state index in [-0.39, 0.29) is 17.3 Å². The van der Waals surface area contributed by atoms with Crippen LogP contribution in [0.25, 0.3) is 11.1 Å². The summed E-state index contributed by atoms with van der Waals surface area (Å²) >= 11 is 0. The number of nitrogens with zero attached hydrogens (tertiary/aromatic N) is 1. The Hall–Kier alpha value is -3.74. The van der Waals surface area contributed by atoms with Crippen LogP contribution in [0, 0.1) is 0 Å². The third-order valence-corrected chi connectivity index (χ3v) is 6.94. The van der Waals surface area contributed by atoms with Crippen molar-refractivity contribution >= 4 is 15.9 Å². The van der Waals surface area contributed by atoms with Crippen LogP contribution in [0.2, 0.25) is 0 Å². The standard InChI is InChI=1S/C28H26N2O3S/c1-30(21-23-11-6-3-7-12-23)28(31)26-14-8-13-25(19-26)24-15-17-27(18-16-24)34(32,33)29-20-22-9-4-2-5-10-22/h2-19,29H,20-21H2,1H3. The van der Waals surface area contributed by atoms with Crippen LogP contribution in [0.3, 0.4) is 0 Å². The summed E-state index contributed by atoms with van der Waals surface area (Å²) in [4.78, 5) is 14.8. The van der Waals surface area contributed by atoms with E-state index in [0.29, 0.717) is 12.1 Å². The molecule has 0 saturated carbocycles. The predicted octanol–water partition coefficient (Wildman–Crippen LogP) is 5.10. The van der Waals surface area contributed by atoms with Crippen molar-refractivity contribution < 1.29 is 13.2 Å². The van der Waals surface area contributed by atoms with Gasteiger partial charge in [-0.3, -0.25) is 4.79 Å². The summed E-state index contributed by atoms with van der Waals surface area (Å²) in [6.45, 7) is 0.748. The number of benzene rings is 4. The van der Waals surface area contributed by atoms with Crippen molar-refractivity contribution in [3.8, 4) is 11.1 Å². The van der Waals surface area contributed by atoms with Crippen LogP contribution >= 0.6 is 0 Å². The van der Waals surface area contributed by atoms with Crippen LogP contribution in [-0.2, 0) is 23.1 Å². The smallest absolute Gasteiger partial charge is 0.253 e. The van der Waals surface area contributed by atoms with Crippen LogP contribution in [-0.4, -0.2) is 26.3 Å². The lowest BCUT2D eigenvalue weighted by atomic mass is 10.0. The molecule has 6 heteroatoms. The van der Waals surface area contributed by atoms with Gasteiger partial charge in [-0.25, -0.2) is 13.1 Å². The first-order valence-corrected chi connectivity index (χ1v) is 12.4. The van der Waals surface area contributed by atoms with Gasteiger partial charge in [0, 0.05) is 25.7 Å². The van der Waals surface area contributed by atoms with Gasteiger partial charge in [-0.1, -0.05) is 84.9 Å². The molecule has 0 unspecified atom stereocenters. The molecule has 0 aliphatic heterocycles. The fraction of sp³-hybridized carbons (Fsp3) is 0.107. The van der Waals surface area contributed by atoms with Gasteiger partial charge in [-0.15, -0.1) is 0 Å². The summed E-state index contributed by atoms with van der Waals surface area (Å²) in [6, 6.07) is 33.3. The molecule has 0 heterocycles. The third kappa shape index (κ3) is 5.78. The van der Waals surface area contributed by atoms with Crippen molar-refractivity contribution in [1.29, 1.82) is 0 Å². The molecule has 1 amide bonds. The minimum absolute atomic E-state index is 0.0741. The summed E-state index contributed by atoms with van der Waals surface area (Å²) < 4.78 is 28.0. The highest BCUT2D eigenvalue weighted by Gasteiger charge is 2.15. The summed E-state index contributed by atoms with van der Waals surface area (Å²) in [6.07, 6.45) is 0. The molecule has 0 aromatic heterocycles. The summed E-state index contributed by atoms with van der Waals surface area (Å²) in [5, 5.41) is 0. The molecule has 5 nitrogen and oxygen atoms in total. The summed E-state index contributed by atoms with van der Waals surface area (Å²) in [5.74, 6) is -0.0741. The normalized spacial score (nSPS) is 11.2. The van der Waals surface area contributed by atoms with Crippen LogP contribution in [0.15, 0.2) is 114 Å².